The normalized spacial score (nSPS) is 18.9. The molecule has 156 valence electrons. The molecule has 1 amide bonds. The van der Waals surface area contributed by atoms with Crippen molar-refractivity contribution in [3.05, 3.63) is 59.1 Å². The Morgan fingerprint density at radius 1 is 1.13 bits per heavy atom. The number of rotatable bonds is 6. The number of H-pyrrole nitrogens is 1. The molecule has 0 radical (unpaired) electrons. The maximum atomic E-state index is 13.2. The van der Waals surface area contributed by atoms with Crippen molar-refractivity contribution in [2.45, 2.75) is 32.6 Å². The average molecular weight is 407 g/mol. The minimum atomic E-state index is -0.115. The van der Waals surface area contributed by atoms with E-state index in [1.54, 1.807) is 18.2 Å². The van der Waals surface area contributed by atoms with Crippen LogP contribution in [0.25, 0.3) is 22.0 Å². The zero-order chi connectivity index (χ0) is 21.1. The summed E-state index contributed by atoms with van der Waals surface area (Å²) in [6.07, 6.45) is 4.80. The summed E-state index contributed by atoms with van der Waals surface area (Å²) < 4.78 is 0. The van der Waals surface area contributed by atoms with Gasteiger partial charge in [0.05, 0.1) is 4.91 Å². The van der Waals surface area contributed by atoms with E-state index in [9.17, 15) is 9.70 Å². The second-order valence-corrected chi connectivity index (χ2v) is 8.25. The summed E-state index contributed by atoms with van der Waals surface area (Å²) >= 11 is 0. The Morgan fingerprint density at radius 3 is 2.57 bits per heavy atom. The molecule has 30 heavy (non-hydrogen) atoms. The van der Waals surface area contributed by atoms with Gasteiger partial charge in [0.25, 0.3) is 10.8 Å². The number of amides is 1. The fourth-order valence-electron chi connectivity index (χ4n) is 4.33. The van der Waals surface area contributed by atoms with Crippen LogP contribution in [0.1, 0.15) is 43.1 Å². The van der Waals surface area contributed by atoms with Gasteiger partial charge in [0, 0.05) is 35.1 Å². The fourth-order valence-corrected chi connectivity index (χ4v) is 4.33. The molecule has 1 heterocycles. The van der Waals surface area contributed by atoms with Crippen molar-refractivity contribution in [3.63, 3.8) is 0 Å². The van der Waals surface area contributed by atoms with Crippen molar-refractivity contribution in [1.82, 2.24) is 10.3 Å². The summed E-state index contributed by atoms with van der Waals surface area (Å²) in [7, 11) is 1.33. The van der Waals surface area contributed by atoms with E-state index < -0.39 is 0 Å². The topological polar surface area (TPSA) is 74.2 Å². The predicted octanol–water partition coefficient (Wildman–Crippen LogP) is 5.36. The molecule has 2 aromatic carbocycles. The Balaban J connectivity index is 1.68. The lowest BCUT2D eigenvalue weighted by Gasteiger charge is -2.26. The summed E-state index contributed by atoms with van der Waals surface area (Å²) in [5.74, 6) is 1.21. The molecular formula is C24H28N3O3+. The summed E-state index contributed by atoms with van der Waals surface area (Å²) in [5, 5.41) is 3.95. The third-order valence-corrected chi connectivity index (χ3v) is 6.14. The largest absolute Gasteiger partial charge is 0.350 e. The van der Waals surface area contributed by atoms with Crippen LogP contribution in [0.2, 0.25) is 0 Å². The lowest BCUT2D eigenvalue weighted by Crippen LogP contribution is -2.31. The van der Waals surface area contributed by atoms with Crippen LogP contribution in [0, 0.1) is 16.7 Å². The molecular weight excluding hydrogens is 378 g/mol. The molecule has 0 aliphatic heterocycles. The highest BCUT2D eigenvalue weighted by Gasteiger charge is 2.24. The first-order valence-corrected chi connectivity index (χ1v) is 10.6. The highest BCUT2D eigenvalue weighted by atomic mass is 16.8. The van der Waals surface area contributed by atoms with Crippen LogP contribution in [0.3, 0.4) is 0 Å². The third kappa shape index (κ3) is 4.08. The Morgan fingerprint density at radius 2 is 1.87 bits per heavy atom. The molecule has 3 aromatic rings. The van der Waals surface area contributed by atoms with Crippen LogP contribution in [0.15, 0.2) is 48.5 Å². The molecule has 4 rings (SSSR count). The van der Waals surface area contributed by atoms with Crippen molar-refractivity contribution < 1.29 is 14.6 Å². The monoisotopic (exact) mass is 406 g/mol. The molecule has 0 bridgehead atoms. The Kier molecular flexibility index (Phi) is 5.84. The van der Waals surface area contributed by atoms with Gasteiger partial charge in [-0.1, -0.05) is 50.1 Å². The number of hydrogen-bond acceptors (Lipinski definition) is 3. The smallest absolute Gasteiger partial charge is 0.317 e. The van der Waals surface area contributed by atoms with E-state index in [-0.39, 0.29) is 5.91 Å². The number of carbonyl (C=O) groups is 1. The molecule has 1 aliphatic rings. The second kappa shape index (κ2) is 8.69. The van der Waals surface area contributed by atoms with Crippen LogP contribution in [0.5, 0.6) is 0 Å². The number of carbonyl (C=O) groups excluding carboxylic acids is 1. The van der Waals surface area contributed by atoms with Crippen molar-refractivity contribution in [2.24, 2.45) is 11.8 Å². The van der Waals surface area contributed by atoms with Gasteiger partial charge in [0.2, 0.25) is 0 Å². The summed E-state index contributed by atoms with van der Waals surface area (Å²) in [6, 6.07) is 15.0. The minimum Gasteiger partial charge on any atom is -0.350 e. The third-order valence-electron chi connectivity index (χ3n) is 6.14. The van der Waals surface area contributed by atoms with Gasteiger partial charge in [-0.15, -0.1) is 0 Å². The molecule has 6 heteroatoms. The van der Waals surface area contributed by atoms with Crippen LogP contribution in [0.4, 0.5) is 5.69 Å². The van der Waals surface area contributed by atoms with Gasteiger partial charge in [0.1, 0.15) is 5.69 Å². The van der Waals surface area contributed by atoms with Crippen molar-refractivity contribution in [1.29, 1.82) is 0 Å². The molecule has 1 saturated carbocycles. The average Bonchev–Trinajstić information content (AvgIpc) is 3.17. The highest BCUT2D eigenvalue weighted by molar-refractivity contribution is 6.10. The van der Waals surface area contributed by atoms with Gasteiger partial charge in [-0.3, -0.25) is 4.79 Å². The molecule has 0 saturated heterocycles. The zero-order valence-corrected chi connectivity index (χ0v) is 17.5. The van der Waals surface area contributed by atoms with Crippen LogP contribution in [-0.2, 0) is 4.84 Å². The number of fused-ring (bicyclic) bond motifs is 1. The van der Waals surface area contributed by atoms with Gasteiger partial charge in [-0.05, 0) is 36.3 Å². The first-order valence-electron chi connectivity index (χ1n) is 10.6. The number of benzene rings is 2. The standard InChI is InChI=1S/C24H27N3O3/c1-16-8-10-17(11-9-16)15-25-24(28)23-22(18-6-4-3-5-7-18)20-14-19(27(29)30-2)12-13-21(20)26-23/h3-7,12-14,16-17H,8-11,15H2,1-2H3,(H-,25,26,28,29)/p+1. The van der Waals surface area contributed by atoms with E-state index in [2.05, 4.69) is 17.2 Å². The number of hydrogen-bond donors (Lipinski definition) is 2. The van der Waals surface area contributed by atoms with Gasteiger partial charge in [0.15, 0.2) is 7.11 Å². The summed E-state index contributed by atoms with van der Waals surface area (Å²) in [6.45, 7) is 2.99. The highest BCUT2D eigenvalue weighted by Crippen LogP contribution is 2.35. The fraction of sp³-hybridized carbons (Fsp3) is 0.375. The minimum absolute atomic E-state index is 0.115. The van der Waals surface area contributed by atoms with Crippen LogP contribution < -0.4 is 5.32 Å². The van der Waals surface area contributed by atoms with Crippen LogP contribution in [-0.4, -0.2) is 29.5 Å². The Bertz CT molecular complexity index is 1050. The number of nitrogens with one attached hydrogen (secondary N) is 2. The summed E-state index contributed by atoms with van der Waals surface area (Å²) in [5.41, 5.74) is 3.43. The van der Waals surface area contributed by atoms with E-state index in [0.29, 0.717) is 28.8 Å². The molecule has 1 aromatic heterocycles. The quantitative estimate of drug-likeness (QED) is 0.541. The SMILES string of the molecule is CO[N+](=O)c1ccc2[nH]c(C(=O)NCC3CCC(C)CC3)c(-c3ccccc3)c2c1. The predicted molar refractivity (Wildman–Crippen MR) is 117 cm³/mol. The van der Waals surface area contributed by atoms with Gasteiger partial charge >= 0.3 is 5.69 Å². The number of aromatic amines is 1. The second-order valence-electron chi connectivity index (χ2n) is 8.25. The first kappa shape index (κ1) is 20.1. The van der Waals surface area contributed by atoms with E-state index in [4.69, 9.17) is 4.84 Å². The molecule has 0 spiro atoms. The van der Waals surface area contributed by atoms with E-state index in [1.807, 2.05) is 30.3 Å². The molecule has 2 N–H and O–H groups in total. The van der Waals surface area contributed by atoms with Crippen LogP contribution >= 0.6 is 0 Å². The van der Waals surface area contributed by atoms with Crippen molar-refractivity contribution in [3.8, 4) is 11.1 Å². The Hall–Kier alpha value is -3.15. The number of nitrogens with zero attached hydrogens (tertiary/aromatic N) is 1. The van der Waals surface area contributed by atoms with E-state index in [0.717, 1.165) is 27.9 Å². The lowest BCUT2D eigenvalue weighted by molar-refractivity contribution is -0.736. The molecule has 1 aliphatic carbocycles. The lowest BCUT2D eigenvalue weighted by atomic mass is 9.83. The number of aromatic nitrogens is 1. The molecule has 0 atom stereocenters. The maximum absolute atomic E-state index is 13.2. The van der Waals surface area contributed by atoms with Gasteiger partial charge in [-0.25, -0.2) is 4.84 Å². The van der Waals surface area contributed by atoms with E-state index in [1.165, 1.54) is 32.8 Å². The summed E-state index contributed by atoms with van der Waals surface area (Å²) in [4.78, 5) is 33.6. The van der Waals surface area contributed by atoms with Gasteiger partial charge in [-0.2, -0.15) is 0 Å². The Labute approximate surface area is 176 Å². The molecule has 6 nitrogen and oxygen atoms in total. The molecule has 0 unspecified atom stereocenters. The first-order chi connectivity index (χ1) is 14.6. The van der Waals surface area contributed by atoms with E-state index >= 15 is 0 Å². The van der Waals surface area contributed by atoms with Crippen molar-refractivity contribution in [2.75, 3.05) is 13.7 Å². The van der Waals surface area contributed by atoms with Crippen molar-refractivity contribution >= 4 is 22.5 Å². The zero-order valence-electron chi connectivity index (χ0n) is 17.5. The molecule has 1 fully saturated rings. The van der Waals surface area contributed by atoms with Gasteiger partial charge < -0.3 is 10.3 Å². The maximum Gasteiger partial charge on any atom is 0.317 e.